The molecule has 3 aliphatic rings. The zero-order valence-electron chi connectivity index (χ0n) is 16.9. The van der Waals surface area contributed by atoms with E-state index < -0.39 is 10.0 Å². The summed E-state index contributed by atoms with van der Waals surface area (Å²) in [5.41, 5.74) is 1.93. The highest BCUT2D eigenvalue weighted by molar-refractivity contribution is 7.89. The third-order valence-electron chi connectivity index (χ3n) is 5.98. The Balaban J connectivity index is 1.43. The second kappa shape index (κ2) is 7.78. The molecule has 31 heavy (non-hydrogen) atoms. The molecule has 0 amide bonds. The summed E-state index contributed by atoms with van der Waals surface area (Å²) in [5, 5.41) is 9.04. The SMILES string of the molecule is [B]c1cc(OC2CN3CCC2CC3)c2nc(Nc3ccc(S(N)(=O)=O)cc3)ncc2c1. The van der Waals surface area contributed by atoms with Crippen LogP contribution in [0.4, 0.5) is 11.6 Å². The molecular weight excluding hydrogens is 413 g/mol. The zero-order chi connectivity index (χ0) is 21.6. The molecule has 0 saturated carbocycles. The van der Waals surface area contributed by atoms with Crippen molar-refractivity contribution >= 4 is 45.9 Å². The number of nitrogens with one attached hydrogen (secondary N) is 1. The molecule has 8 nitrogen and oxygen atoms in total. The van der Waals surface area contributed by atoms with Crippen LogP contribution in [0.3, 0.4) is 0 Å². The molecule has 1 unspecified atom stereocenters. The first-order valence-electron chi connectivity index (χ1n) is 10.2. The summed E-state index contributed by atoms with van der Waals surface area (Å²) >= 11 is 0. The van der Waals surface area contributed by atoms with Gasteiger partial charge in [-0.25, -0.2) is 23.5 Å². The lowest BCUT2D eigenvalue weighted by Crippen LogP contribution is -2.52. The van der Waals surface area contributed by atoms with Crippen LogP contribution < -0.4 is 20.7 Å². The van der Waals surface area contributed by atoms with Crippen LogP contribution in [0.5, 0.6) is 5.75 Å². The molecule has 1 atom stereocenters. The van der Waals surface area contributed by atoms with E-state index in [4.69, 9.17) is 17.7 Å². The van der Waals surface area contributed by atoms with E-state index in [0.717, 1.165) is 37.9 Å². The number of benzene rings is 2. The number of ether oxygens (including phenoxy) is 1. The molecule has 158 valence electrons. The van der Waals surface area contributed by atoms with Crippen molar-refractivity contribution in [2.75, 3.05) is 25.0 Å². The van der Waals surface area contributed by atoms with Gasteiger partial charge in [-0.1, -0.05) is 11.5 Å². The molecule has 3 aliphatic heterocycles. The monoisotopic (exact) mass is 435 g/mol. The number of rotatable bonds is 5. The van der Waals surface area contributed by atoms with E-state index in [0.29, 0.717) is 34.3 Å². The third kappa shape index (κ3) is 4.23. The van der Waals surface area contributed by atoms with E-state index in [2.05, 4.69) is 20.2 Å². The van der Waals surface area contributed by atoms with E-state index in [1.807, 2.05) is 12.1 Å². The molecule has 3 fully saturated rings. The molecule has 2 aromatic carbocycles. The molecule has 1 aromatic heterocycles. The number of sulfonamides is 1. The van der Waals surface area contributed by atoms with E-state index in [9.17, 15) is 8.42 Å². The van der Waals surface area contributed by atoms with Gasteiger partial charge in [0.2, 0.25) is 16.0 Å². The Morgan fingerprint density at radius 3 is 2.55 bits per heavy atom. The average molecular weight is 435 g/mol. The fourth-order valence-corrected chi connectivity index (χ4v) is 4.87. The number of aromatic nitrogens is 2. The molecule has 3 N–H and O–H groups in total. The van der Waals surface area contributed by atoms with Crippen LogP contribution in [0.15, 0.2) is 47.5 Å². The molecule has 3 aromatic rings. The van der Waals surface area contributed by atoms with Crippen molar-refractivity contribution in [1.82, 2.24) is 14.9 Å². The minimum Gasteiger partial charge on any atom is -0.487 e. The second-order valence-electron chi connectivity index (χ2n) is 8.14. The normalized spacial score (nSPS) is 23.1. The Morgan fingerprint density at radius 2 is 1.90 bits per heavy atom. The van der Waals surface area contributed by atoms with Gasteiger partial charge >= 0.3 is 0 Å². The lowest BCUT2D eigenvalue weighted by atomic mass is 9.85. The number of piperidine rings is 3. The maximum Gasteiger partial charge on any atom is 0.238 e. The van der Waals surface area contributed by atoms with Gasteiger partial charge in [-0.05, 0) is 62.2 Å². The smallest absolute Gasteiger partial charge is 0.238 e. The van der Waals surface area contributed by atoms with E-state index >= 15 is 0 Å². The molecule has 6 rings (SSSR count). The van der Waals surface area contributed by atoms with E-state index in [1.165, 1.54) is 12.1 Å². The van der Waals surface area contributed by atoms with Crippen molar-refractivity contribution in [2.24, 2.45) is 11.1 Å². The summed E-state index contributed by atoms with van der Waals surface area (Å²) < 4.78 is 29.3. The Hall–Kier alpha value is -2.69. The molecule has 3 saturated heterocycles. The van der Waals surface area contributed by atoms with Crippen LogP contribution >= 0.6 is 0 Å². The number of hydrogen-bond acceptors (Lipinski definition) is 7. The van der Waals surface area contributed by atoms with Crippen LogP contribution in [0.25, 0.3) is 10.9 Å². The third-order valence-corrected chi connectivity index (χ3v) is 6.91. The standard InChI is InChI=1S/C21H22BN5O3S/c22-15-9-14-11-24-21(25-16-1-3-17(4-2-16)31(23,28)29)26-20(14)18(10-15)30-19-12-27-7-5-13(19)6-8-27/h1-4,9-11,13,19H,5-8,12H2,(H2,23,28,29)(H,24,25,26). The first-order chi connectivity index (χ1) is 14.8. The van der Waals surface area contributed by atoms with Crippen LogP contribution in [0.2, 0.25) is 0 Å². The summed E-state index contributed by atoms with van der Waals surface area (Å²) in [5.74, 6) is 1.58. The van der Waals surface area contributed by atoms with Crippen molar-refractivity contribution in [3.05, 3.63) is 42.6 Å². The number of nitrogens with two attached hydrogens (primary N) is 1. The lowest BCUT2D eigenvalue weighted by Gasteiger charge is -2.44. The summed E-state index contributed by atoms with van der Waals surface area (Å²) in [7, 11) is 2.36. The molecule has 10 heteroatoms. The van der Waals surface area contributed by atoms with Crippen LogP contribution in [0, 0.1) is 5.92 Å². The van der Waals surface area contributed by atoms with Crippen LogP contribution in [-0.4, -0.2) is 56.9 Å². The van der Waals surface area contributed by atoms with Crippen molar-refractivity contribution in [1.29, 1.82) is 0 Å². The summed E-state index contributed by atoms with van der Waals surface area (Å²) in [6, 6.07) is 9.73. The topological polar surface area (TPSA) is 110 Å². The van der Waals surface area contributed by atoms with Gasteiger partial charge in [-0.3, -0.25) is 4.90 Å². The van der Waals surface area contributed by atoms with Gasteiger partial charge in [0, 0.05) is 23.8 Å². The maximum absolute atomic E-state index is 11.4. The number of hydrogen-bond donors (Lipinski definition) is 2. The number of anilines is 2. The minimum atomic E-state index is -3.74. The van der Waals surface area contributed by atoms with Gasteiger partial charge < -0.3 is 10.1 Å². The highest BCUT2D eigenvalue weighted by Crippen LogP contribution is 2.33. The maximum atomic E-state index is 11.4. The van der Waals surface area contributed by atoms with Crippen molar-refractivity contribution in [3.63, 3.8) is 0 Å². The predicted octanol–water partition coefficient (Wildman–Crippen LogP) is 1.29. The largest absolute Gasteiger partial charge is 0.487 e. The Kier molecular flexibility index (Phi) is 5.08. The van der Waals surface area contributed by atoms with Gasteiger partial charge in [0.1, 0.15) is 25.2 Å². The second-order valence-corrected chi connectivity index (χ2v) is 9.70. The molecule has 0 aliphatic carbocycles. The van der Waals surface area contributed by atoms with Crippen LogP contribution in [-0.2, 0) is 10.0 Å². The van der Waals surface area contributed by atoms with Crippen LogP contribution in [0.1, 0.15) is 12.8 Å². The van der Waals surface area contributed by atoms with Gasteiger partial charge in [-0.15, -0.1) is 0 Å². The minimum absolute atomic E-state index is 0.0427. The first kappa shape index (κ1) is 20.2. The fraction of sp³-hybridized carbons (Fsp3) is 0.333. The lowest BCUT2D eigenvalue weighted by molar-refractivity contribution is -0.00706. The Morgan fingerprint density at radius 1 is 1.16 bits per heavy atom. The highest BCUT2D eigenvalue weighted by Gasteiger charge is 2.35. The molecule has 4 heterocycles. The first-order valence-corrected chi connectivity index (χ1v) is 11.7. The van der Waals surface area contributed by atoms with Crippen molar-refractivity contribution < 1.29 is 13.2 Å². The number of nitrogens with zero attached hydrogens (tertiary/aromatic N) is 3. The van der Waals surface area contributed by atoms with E-state index in [-0.39, 0.29) is 11.0 Å². The Labute approximate surface area is 182 Å². The number of fused-ring (bicyclic) bond motifs is 4. The molecular formula is C21H22BN5O3S. The Bertz CT molecular complexity index is 1230. The predicted molar refractivity (Wildman–Crippen MR) is 120 cm³/mol. The quantitative estimate of drug-likeness (QED) is 0.581. The molecule has 2 bridgehead atoms. The molecule has 0 spiro atoms. The van der Waals surface area contributed by atoms with Gasteiger partial charge in [0.15, 0.2) is 0 Å². The summed E-state index contributed by atoms with van der Waals surface area (Å²) in [6.45, 7) is 3.21. The molecule has 2 radical (unpaired) electrons. The summed E-state index contributed by atoms with van der Waals surface area (Å²) in [6.07, 6.45) is 4.13. The van der Waals surface area contributed by atoms with Gasteiger partial charge in [-0.2, -0.15) is 0 Å². The van der Waals surface area contributed by atoms with Crippen molar-refractivity contribution in [2.45, 2.75) is 23.8 Å². The highest BCUT2D eigenvalue weighted by atomic mass is 32.2. The van der Waals surface area contributed by atoms with E-state index in [1.54, 1.807) is 18.3 Å². The fourth-order valence-electron chi connectivity index (χ4n) is 4.35. The van der Waals surface area contributed by atoms with Gasteiger partial charge in [0.05, 0.1) is 4.90 Å². The average Bonchev–Trinajstić information content (AvgIpc) is 2.75. The van der Waals surface area contributed by atoms with Crippen molar-refractivity contribution in [3.8, 4) is 5.75 Å². The zero-order valence-corrected chi connectivity index (χ0v) is 17.7. The summed E-state index contributed by atoms with van der Waals surface area (Å²) in [4.78, 5) is 11.5. The number of primary sulfonamides is 1. The van der Waals surface area contributed by atoms with Gasteiger partial charge in [0.25, 0.3) is 0 Å².